The number of anilines is 1. The van der Waals surface area contributed by atoms with E-state index < -0.39 is 10.1 Å². The molecule has 0 fully saturated rings. The number of benzene rings is 2. The fourth-order valence-corrected chi connectivity index (χ4v) is 6.49. The summed E-state index contributed by atoms with van der Waals surface area (Å²) in [6, 6.07) is 16.1. The van der Waals surface area contributed by atoms with Gasteiger partial charge in [0, 0.05) is 41.2 Å². The molecule has 1 N–H and O–H groups in total. The Labute approximate surface area is 210 Å². The van der Waals surface area contributed by atoms with Crippen LogP contribution in [0.4, 0.5) is 9.39 Å². The molecule has 0 bridgehead atoms. The van der Waals surface area contributed by atoms with Crippen molar-refractivity contribution < 1.29 is 13.4 Å². The molecule has 1 aromatic heterocycles. The number of carbonyl (C=O) groups excluding carboxylic acids is 1. The summed E-state index contributed by atoms with van der Waals surface area (Å²) in [5.41, 5.74) is 3.16. The third kappa shape index (κ3) is 5.68. The van der Waals surface area contributed by atoms with Gasteiger partial charge in [-0.05, 0) is 66.0 Å². The van der Waals surface area contributed by atoms with Crippen LogP contribution in [-0.2, 0) is 40.8 Å². The summed E-state index contributed by atoms with van der Waals surface area (Å²) in [7, 11) is 0.981. The molecule has 2 heterocycles. The smallest absolute Gasteiger partial charge is 0.229 e. The Morgan fingerprint density at radius 3 is 2.63 bits per heavy atom. The summed E-state index contributed by atoms with van der Waals surface area (Å²) >= 11 is 1.46. The Balaban J connectivity index is 1.43. The average Bonchev–Trinajstić information content (AvgIpc) is 3.15. The van der Waals surface area contributed by atoms with Crippen LogP contribution in [0, 0.1) is 17.1 Å². The van der Waals surface area contributed by atoms with E-state index in [0.29, 0.717) is 23.7 Å². The van der Waals surface area contributed by atoms with E-state index in [4.69, 9.17) is 0 Å². The zero-order valence-electron chi connectivity index (χ0n) is 20.0. The van der Waals surface area contributed by atoms with Crippen molar-refractivity contribution in [2.45, 2.75) is 30.8 Å². The lowest BCUT2D eigenvalue weighted by Gasteiger charge is -2.27. The lowest BCUT2D eigenvalue weighted by atomic mass is 10.0. The minimum Gasteiger partial charge on any atom is -0.316 e. The summed E-state index contributed by atoms with van der Waals surface area (Å²) in [5.74, 6) is -0.453. The number of hydrogen-bond donors (Lipinski definition) is 2. The molecule has 0 saturated carbocycles. The van der Waals surface area contributed by atoms with Gasteiger partial charge in [-0.25, -0.2) is 8.70 Å². The maximum atomic E-state index is 13.5. The Kier molecular flexibility index (Phi) is 7.47. The fraction of sp³-hybridized carbons (Fsp3) is 0.308. The number of fused-ring (bicyclic) bond motifs is 1. The monoisotopic (exact) mass is 512 g/mol. The second-order valence-electron chi connectivity index (χ2n) is 9.03. The van der Waals surface area contributed by atoms with Crippen LogP contribution in [-0.4, -0.2) is 46.2 Å². The lowest BCUT2D eigenvalue weighted by molar-refractivity contribution is -0.115. The normalized spacial score (nSPS) is 14.4. The van der Waals surface area contributed by atoms with E-state index in [0.717, 1.165) is 39.4 Å². The molecular formula is C26H29FN4O2S2. The molecule has 1 aliphatic rings. The summed E-state index contributed by atoms with van der Waals surface area (Å²) in [6.07, 6.45) is 2.66. The van der Waals surface area contributed by atoms with Crippen molar-refractivity contribution in [1.82, 2.24) is 9.21 Å². The van der Waals surface area contributed by atoms with Gasteiger partial charge >= 0.3 is 0 Å². The zero-order valence-corrected chi connectivity index (χ0v) is 21.8. The minimum absolute atomic E-state index is 0.162. The van der Waals surface area contributed by atoms with Gasteiger partial charge in [0.15, 0.2) is 0 Å². The van der Waals surface area contributed by atoms with Gasteiger partial charge in [0.1, 0.15) is 16.9 Å². The second kappa shape index (κ2) is 10.4. The largest absolute Gasteiger partial charge is 0.316 e. The Morgan fingerprint density at radius 2 is 1.97 bits per heavy atom. The highest BCUT2D eigenvalue weighted by atomic mass is 32.3. The molecule has 3 aromatic rings. The molecule has 35 heavy (non-hydrogen) atoms. The SMILES string of the molecule is CN(C)[SH](C)(=O)c1ccc(CC(=O)Nc2sc3c(c2C#N)CN(Cc2cccc(F)c2)CC3)cc1. The van der Waals surface area contributed by atoms with Crippen molar-refractivity contribution in [3.05, 3.63) is 81.5 Å². The number of amides is 1. The number of thiophene rings is 1. The maximum Gasteiger partial charge on any atom is 0.229 e. The highest BCUT2D eigenvalue weighted by Crippen LogP contribution is 2.37. The van der Waals surface area contributed by atoms with Gasteiger partial charge in [-0.3, -0.25) is 13.9 Å². The van der Waals surface area contributed by atoms with Crippen molar-refractivity contribution in [3.63, 3.8) is 0 Å². The highest BCUT2D eigenvalue weighted by molar-refractivity contribution is 8.00. The second-order valence-corrected chi connectivity index (χ2v) is 13.2. The molecule has 0 unspecified atom stereocenters. The number of hydrogen-bond acceptors (Lipinski definition) is 5. The average molecular weight is 513 g/mol. The lowest BCUT2D eigenvalue weighted by Crippen LogP contribution is -2.29. The number of halogens is 1. The van der Waals surface area contributed by atoms with Gasteiger partial charge in [0.05, 0.1) is 12.0 Å². The van der Waals surface area contributed by atoms with Crippen molar-refractivity contribution in [2.75, 3.05) is 32.2 Å². The molecule has 0 saturated heterocycles. The first kappa shape index (κ1) is 25.2. The van der Waals surface area contributed by atoms with E-state index in [1.54, 1.807) is 42.9 Å². The van der Waals surface area contributed by atoms with Gasteiger partial charge < -0.3 is 5.32 Å². The van der Waals surface area contributed by atoms with Crippen LogP contribution >= 0.6 is 11.3 Å². The Bertz CT molecular complexity index is 1330. The van der Waals surface area contributed by atoms with Gasteiger partial charge in [0.25, 0.3) is 0 Å². The van der Waals surface area contributed by atoms with Gasteiger partial charge in [-0.1, -0.05) is 24.3 Å². The van der Waals surface area contributed by atoms with E-state index in [2.05, 4.69) is 16.3 Å². The third-order valence-electron chi connectivity index (χ3n) is 6.33. The van der Waals surface area contributed by atoms with Crippen LogP contribution in [0.3, 0.4) is 0 Å². The van der Waals surface area contributed by atoms with Crippen LogP contribution in [0.1, 0.15) is 27.1 Å². The molecule has 184 valence electrons. The van der Waals surface area contributed by atoms with E-state index >= 15 is 0 Å². The number of rotatable bonds is 7. The van der Waals surface area contributed by atoms with Crippen molar-refractivity contribution in [2.24, 2.45) is 0 Å². The first-order valence-corrected chi connectivity index (χ1v) is 14.3. The number of nitriles is 1. The van der Waals surface area contributed by atoms with Crippen LogP contribution < -0.4 is 5.32 Å². The van der Waals surface area contributed by atoms with Crippen LogP contribution in [0.2, 0.25) is 0 Å². The molecule has 1 amide bonds. The molecule has 1 aliphatic heterocycles. The van der Waals surface area contributed by atoms with Gasteiger partial charge in [-0.2, -0.15) is 5.26 Å². The standard InChI is InChI=1S/C26H29FN4O2S2/c1-30(2)35(3,33)21-9-7-18(8-10-21)14-25(32)29-26-22(15-28)23-17-31(12-11-24(23)34-26)16-19-5-4-6-20(27)13-19/h4-10,13,35H,11-12,14,16-17H2,1-3H3,(H,29,32). The Hall–Kier alpha value is -2.90. The molecule has 6 nitrogen and oxygen atoms in total. The van der Waals surface area contributed by atoms with E-state index in [-0.39, 0.29) is 18.1 Å². The molecular weight excluding hydrogens is 483 g/mol. The molecule has 0 aliphatic carbocycles. The molecule has 9 heteroatoms. The predicted octanol–water partition coefficient (Wildman–Crippen LogP) is 3.98. The number of nitrogens with one attached hydrogen (secondary N) is 1. The molecule has 0 spiro atoms. The molecule has 0 atom stereocenters. The van der Waals surface area contributed by atoms with E-state index in [1.807, 2.05) is 18.2 Å². The van der Waals surface area contributed by atoms with Crippen LogP contribution in [0.15, 0.2) is 53.4 Å². The fourth-order valence-electron chi connectivity index (χ4n) is 4.16. The van der Waals surface area contributed by atoms with Crippen molar-refractivity contribution in [1.29, 1.82) is 5.26 Å². The summed E-state index contributed by atoms with van der Waals surface area (Å²) < 4.78 is 28.1. The number of nitrogens with zero attached hydrogens (tertiary/aromatic N) is 3. The molecule has 2 aromatic carbocycles. The topological polar surface area (TPSA) is 76.4 Å². The van der Waals surface area contributed by atoms with Crippen molar-refractivity contribution >= 4 is 32.4 Å². The number of carbonyl (C=O) groups is 1. The molecule has 0 radical (unpaired) electrons. The zero-order chi connectivity index (χ0) is 25.2. The molecule has 4 rings (SSSR count). The van der Waals surface area contributed by atoms with E-state index in [9.17, 15) is 18.7 Å². The van der Waals surface area contributed by atoms with Crippen molar-refractivity contribution in [3.8, 4) is 6.07 Å². The van der Waals surface area contributed by atoms with Crippen LogP contribution in [0.5, 0.6) is 0 Å². The Morgan fingerprint density at radius 1 is 1.23 bits per heavy atom. The number of thiol groups is 1. The minimum atomic E-state index is -2.59. The first-order valence-electron chi connectivity index (χ1n) is 11.3. The van der Waals surface area contributed by atoms with E-state index in [1.165, 1.54) is 23.5 Å². The van der Waals surface area contributed by atoms with Gasteiger partial charge in [0.2, 0.25) is 5.91 Å². The quantitative estimate of drug-likeness (QED) is 0.470. The van der Waals surface area contributed by atoms with Crippen LogP contribution in [0.25, 0.3) is 0 Å². The third-order valence-corrected chi connectivity index (χ3v) is 10.3. The summed E-state index contributed by atoms with van der Waals surface area (Å²) in [4.78, 5) is 16.8. The predicted molar refractivity (Wildman–Crippen MR) is 139 cm³/mol. The first-order chi connectivity index (χ1) is 16.7. The summed E-state index contributed by atoms with van der Waals surface area (Å²) in [5, 5.41) is 13.3. The summed E-state index contributed by atoms with van der Waals surface area (Å²) in [6.45, 7) is 2.00. The van der Waals surface area contributed by atoms with Gasteiger partial charge in [-0.15, -0.1) is 11.3 Å². The maximum absolute atomic E-state index is 13.5. The highest BCUT2D eigenvalue weighted by Gasteiger charge is 2.25.